The van der Waals surface area contributed by atoms with Gasteiger partial charge in [0.15, 0.2) is 0 Å². The molecule has 1 saturated heterocycles. The Morgan fingerprint density at radius 3 is 2.45 bits per heavy atom. The number of thiophene rings is 1. The minimum Gasteiger partial charge on any atom is -0.481 e. The van der Waals surface area contributed by atoms with Crippen LogP contribution in [0.25, 0.3) is 0 Å². The van der Waals surface area contributed by atoms with E-state index in [0.29, 0.717) is 37.4 Å². The predicted octanol–water partition coefficient (Wildman–Crippen LogP) is 6.34. The maximum Gasteiger partial charge on any atom is 0.410 e. The van der Waals surface area contributed by atoms with E-state index in [-0.39, 0.29) is 12.1 Å². The number of carbonyl (C=O) groups is 2. The Morgan fingerprint density at radius 2 is 1.85 bits per heavy atom. The van der Waals surface area contributed by atoms with Crippen molar-refractivity contribution in [1.82, 2.24) is 15.2 Å². The van der Waals surface area contributed by atoms with Crippen molar-refractivity contribution in [2.24, 2.45) is 5.92 Å². The zero-order valence-corrected chi connectivity index (χ0v) is 26.5. The molecule has 1 fully saturated rings. The molecule has 9 heteroatoms. The molecule has 1 amide bonds. The van der Waals surface area contributed by atoms with E-state index < -0.39 is 5.60 Å². The number of hydrogen-bond donors (Lipinski definition) is 1. The quantitative estimate of drug-likeness (QED) is 0.262. The lowest BCUT2D eigenvalue weighted by Gasteiger charge is -2.35. The van der Waals surface area contributed by atoms with Crippen LogP contribution in [0.4, 0.5) is 4.79 Å². The van der Waals surface area contributed by atoms with E-state index in [1.165, 1.54) is 12.0 Å². The monoisotopic (exact) mass is 573 g/mol. The molecule has 3 heterocycles. The number of piperidine rings is 1. The topological polar surface area (TPSA) is 90.0 Å². The van der Waals surface area contributed by atoms with E-state index in [9.17, 15) is 9.59 Å². The van der Waals surface area contributed by atoms with Crippen LogP contribution in [-0.2, 0) is 22.4 Å². The fourth-order valence-corrected chi connectivity index (χ4v) is 6.98. The summed E-state index contributed by atoms with van der Waals surface area (Å²) in [4.78, 5) is 34.0. The average molecular weight is 574 g/mol. The second-order valence-electron chi connectivity index (χ2n) is 11.8. The summed E-state index contributed by atoms with van der Waals surface area (Å²) in [7, 11) is 3.10. The highest BCUT2D eigenvalue weighted by Gasteiger charge is 2.32. The standard InChI is InChI=1S/C31H47N3O5S/c1-19-17-20(2)33-28(37-8)24(19)18-32-14-10-11-25-26(29(35)38-9)22(4)27(40-25)21(3)23-12-15-34(16-13-23)30(36)39-31(5,6)7/h17,21,23,32H,10-16,18H2,1-9H3. The van der Waals surface area contributed by atoms with Gasteiger partial charge in [-0.2, -0.15) is 0 Å². The molecule has 2 aromatic heterocycles. The van der Waals surface area contributed by atoms with E-state index in [4.69, 9.17) is 14.2 Å². The molecule has 0 aliphatic carbocycles. The first-order chi connectivity index (χ1) is 18.9. The summed E-state index contributed by atoms with van der Waals surface area (Å²) in [5.74, 6) is 1.14. The van der Waals surface area contributed by atoms with Gasteiger partial charge in [-0.1, -0.05) is 6.92 Å². The number of hydrogen-bond acceptors (Lipinski definition) is 8. The van der Waals surface area contributed by atoms with Crippen molar-refractivity contribution in [1.29, 1.82) is 0 Å². The molecule has 1 atom stereocenters. The Kier molecular flexibility index (Phi) is 11.0. The number of esters is 1. The third-order valence-corrected chi connectivity index (χ3v) is 9.20. The summed E-state index contributed by atoms with van der Waals surface area (Å²) in [5.41, 5.74) is 4.45. The van der Waals surface area contributed by atoms with Crippen LogP contribution in [0.2, 0.25) is 0 Å². The maximum absolute atomic E-state index is 12.8. The van der Waals surface area contributed by atoms with Crippen LogP contribution in [-0.4, -0.2) is 61.4 Å². The number of nitrogens with zero attached hydrogens (tertiary/aromatic N) is 2. The Morgan fingerprint density at radius 1 is 1.18 bits per heavy atom. The van der Waals surface area contributed by atoms with Gasteiger partial charge in [-0.15, -0.1) is 11.3 Å². The number of aromatic nitrogens is 1. The third-order valence-electron chi connectivity index (χ3n) is 7.65. The second kappa shape index (κ2) is 13.8. The number of carbonyl (C=O) groups excluding carboxylic acids is 2. The van der Waals surface area contributed by atoms with Crippen molar-refractivity contribution in [2.75, 3.05) is 33.9 Å². The number of pyridine rings is 1. The van der Waals surface area contributed by atoms with Crippen LogP contribution in [0.3, 0.4) is 0 Å². The molecule has 0 spiro atoms. The number of amides is 1. The van der Waals surface area contributed by atoms with Gasteiger partial charge in [-0.05, 0) is 103 Å². The molecular formula is C31H47N3O5S. The normalized spacial score (nSPS) is 15.2. The summed E-state index contributed by atoms with van der Waals surface area (Å²) >= 11 is 1.75. The molecule has 1 unspecified atom stereocenters. The Balaban J connectivity index is 1.63. The molecule has 0 radical (unpaired) electrons. The Bertz CT molecular complexity index is 1180. The van der Waals surface area contributed by atoms with Crippen LogP contribution in [0.1, 0.15) is 95.4 Å². The maximum atomic E-state index is 12.8. The van der Waals surface area contributed by atoms with Crippen molar-refractivity contribution in [3.05, 3.63) is 43.8 Å². The van der Waals surface area contributed by atoms with Gasteiger partial charge in [-0.3, -0.25) is 0 Å². The smallest absolute Gasteiger partial charge is 0.410 e. The van der Waals surface area contributed by atoms with Crippen molar-refractivity contribution < 1.29 is 23.8 Å². The Hall–Kier alpha value is -2.65. The van der Waals surface area contributed by atoms with Crippen LogP contribution in [0, 0.1) is 26.7 Å². The van der Waals surface area contributed by atoms with Gasteiger partial charge in [0.05, 0.1) is 19.8 Å². The molecule has 0 aromatic carbocycles. The van der Waals surface area contributed by atoms with Gasteiger partial charge >= 0.3 is 12.1 Å². The lowest BCUT2D eigenvalue weighted by Crippen LogP contribution is -2.42. The first kappa shape index (κ1) is 31.9. The van der Waals surface area contributed by atoms with Gasteiger partial charge in [0.1, 0.15) is 5.60 Å². The minimum absolute atomic E-state index is 0.234. The lowest BCUT2D eigenvalue weighted by atomic mass is 9.83. The molecule has 1 aliphatic rings. The van der Waals surface area contributed by atoms with Crippen molar-refractivity contribution in [3.8, 4) is 5.88 Å². The summed E-state index contributed by atoms with van der Waals surface area (Å²) in [5, 5.41) is 3.52. The molecule has 0 saturated carbocycles. The first-order valence-corrected chi connectivity index (χ1v) is 15.1. The van der Waals surface area contributed by atoms with Gasteiger partial charge in [0.25, 0.3) is 0 Å². The van der Waals surface area contributed by atoms with E-state index >= 15 is 0 Å². The van der Waals surface area contributed by atoms with E-state index in [0.717, 1.165) is 65.1 Å². The Labute approximate surface area is 243 Å². The largest absolute Gasteiger partial charge is 0.481 e. The number of rotatable bonds is 10. The van der Waals surface area contributed by atoms with Gasteiger partial charge < -0.3 is 24.4 Å². The first-order valence-electron chi connectivity index (χ1n) is 14.3. The van der Waals surface area contributed by atoms with Gasteiger partial charge in [0.2, 0.25) is 5.88 Å². The highest BCUT2D eigenvalue weighted by Crippen LogP contribution is 2.41. The highest BCUT2D eigenvalue weighted by molar-refractivity contribution is 7.12. The molecule has 0 bridgehead atoms. The second-order valence-corrected chi connectivity index (χ2v) is 13.0. The molecule has 3 rings (SSSR count). The highest BCUT2D eigenvalue weighted by atomic mass is 32.1. The molecule has 40 heavy (non-hydrogen) atoms. The molecule has 1 N–H and O–H groups in total. The summed E-state index contributed by atoms with van der Waals surface area (Å²) in [6.45, 7) is 16.9. The fraction of sp³-hybridized carbons (Fsp3) is 0.645. The third kappa shape index (κ3) is 7.97. The summed E-state index contributed by atoms with van der Waals surface area (Å²) < 4.78 is 16.2. The van der Waals surface area contributed by atoms with E-state index in [1.807, 2.05) is 39.5 Å². The zero-order valence-electron chi connectivity index (χ0n) is 25.7. The number of nitrogens with one attached hydrogen (secondary N) is 1. The molecule has 222 valence electrons. The zero-order chi connectivity index (χ0) is 29.6. The van der Waals surface area contributed by atoms with Crippen LogP contribution in [0.15, 0.2) is 6.07 Å². The van der Waals surface area contributed by atoms with E-state index in [1.54, 1.807) is 18.4 Å². The average Bonchev–Trinajstić information content (AvgIpc) is 3.23. The fourth-order valence-electron chi connectivity index (χ4n) is 5.49. The lowest BCUT2D eigenvalue weighted by molar-refractivity contribution is 0.0176. The van der Waals surface area contributed by atoms with E-state index in [2.05, 4.69) is 30.2 Å². The molecule has 2 aromatic rings. The van der Waals surface area contributed by atoms with Crippen molar-refractivity contribution >= 4 is 23.4 Å². The van der Waals surface area contributed by atoms with Crippen LogP contribution in [0.5, 0.6) is 5.88 Å². The van der Waals surface area contributed by atoms with Crippen LogP contribution < -0.4 is 10.1 Å². The molecular weight excluding hydrogens is 526 g/mol. The number of methoxy groups -OCH3 is 2. The number of aryl methyl sites for hydroxylation is 3. The molecule has 8 nitrogen and oxygen atoms in total. The number of likely N-dealkylation sites (tertiary alicyclic amines) is 1. The van der Waals surface area contributed by atoms with Crippen molar-refractivity contribution in [2.45, 2.75) is 92.2 Å². The summed E-state index contributed by atoms with van der Waals surface area (Å²) in [6, 6.07) is 2.07. The van der Waals surface area contributed by atoms with Gasteiger partial charge in [0, 0.05) is 40.6 Å². The van der Waals surface area contributed by atoms with Crippen molar-refractivity contribution in [3.63, 3.8) is 0 Å². The summed E-state index contributed by atoms with van der Waals surface area (Å²) in [6.07, 6.45) is 3.30. The van der Waals surface area contributed by atoms with Gasteiger partial charge in [-0.25, -0.2) is 14.6 Å². The SMILES string of the molecule is COC(=O)c1c(CCCNCc2c(C)cc(C)nc2OC)sc(C(C)C2CCN(C(=O)OC(C)(C)C)CC2)c1C. The van der Waals surface area contributed by atoms with Crippen LogP contribution >= 0.6 is 11.3 Å². The predicted molar refractivity (Wildman–Crippen MR) is 160 cm³/mol. The molecule has 1 aliphatic heterocycles. The minimum atomic E-state index is -0.491. The number of ether oxygens (including phenoxy) is 3.